The second-order valence-corrected chi connectivity index (χ2v) is 6.27. The Labute approximate surface area is 161 Å². The summed E-state index contributed by atoms with van der Waals surface area (Å²) in [5.74, 6) is -1.10. The molecule has 9 heteroatoms. The summed E-state index contributed by atoms with van der Waals surface area (Å²) in [5.41, 5.74) is 0.271. The number of para-hydroxylation sites is 1. The van der Waals surface area contributed by atoms with Crippen molar-refractivity contribution in [2.75, 3.05) is 13.2 Å². The quantitative estimate of drug-likeness (QED) is 0.534. The number of ether oxygens (including phenoxy) is 1. The molecule has 1 heterocycles. The maximum atomic E-state index is 12.0. The summed E-state index contributed by atoms with van der Waals surface area (Å²) >= 11 is 0. The molecule has 0 radical (unpaired) electrons. The number of aryl methyl sites for hydroxylation is 1. The lowest BCUT2D eigenvalue weighted by Gasteiger charge is -2.13. The van der Waals surface area contributed by atoms with Crippen LogP contribution in [-0.2, 0) is 25.5 Å². The lowest BCUT2D eigenvalue weighted by Crippen LogP contribution is -2.46. The first-order valence-corrected chi connectivity index (χ1v) is 9.11. The molecule has 2 aromatic rings. The van der Waals surface area contributed by atoms with Crippen LogP contribution in [0.5, 0.6) is 0 Å². The van der Waals surface area contributed by atoms with E-state index in [4.69, 9.17) is 4.74 Å². The van der Waals surface area contributed by atoms with Crippen molar-refractivity contribution in [1.29, 1.82) is 0 Å². The van der Waals surface area contributed by atoms with Gasteiger partial charge in [0.25, 0.3) is 11.5 Å². The monoisotopic (exact) mass is 388 g/mol. The van der Waals surface area contributed by atoms with Crippen molar-refractivity contribution in [2.45, 2.75) is 39.2 Å². The largest absolute Gasteiger partial charge is 0.456 e. The highest BCUT2D eigenvalue weighted by Gasteiger charge is 2.16. The molecule has 9 nitrogen and oxygen atoms in total. The molecule has 0 spiro atoms. The minimum Gasteiger partial charge on any atom is -0.456 e. The molecule has 28 heavy (non-hydrogen) atoms. The van der Waals surface area contributed by atoms with E-state index in [0.717, 1.165) is 6.42 Å². The zero-order valence-corrected chi connectivity index (χ0v) is 15.9. The molecule has 1 atom stereocenters. The number of H-pyrrole nitrogens is 1. The average Bonchev–Trinajstić information content (AvgIpc) is 2.68. The first kappa shape index (κ1) is 21.1. The Morgan fingerprint density at radius 1 is 1.25 bits per heavy atom. The van der Waals surface area contributed by atoms with Crippen molar-refractivity contribution >= 4 is 28.7 Å². The molecular formula is C19H24N4O5. The van der Waals surface area contributed by atoms with Gasteiger partial charge in [0.1, 0.15) is 11.9 Å². The normalized spacial score (nSPS) is 11.6. The molecule has 0 aliphatic heterocycles. The summed E-state index contributed by atoms with van der Waals surface area (Å²) < 4.78 is 4.90. The summed E-state index contributed by atoms with van der Waals surface area (Å²) in [6.07, 6.45) is 0.929. The van der Waals surface area contributed by atoms with Gasteiger partial charge in [0.15, 0.2) is 6.61 Å². The number of aromatic nitrogens is 2. The van der Waals surface area contributed by atoms with Crippen molar-refractivity contribution in [3.8, 4) is 0 Å². The maximum absolute atomic E-state index is 12.0. The number of amides is 2. The van der Waals surface area contributed by atoms with Crippen molar-refractivity contribution in [3.63, 3.8) is 0 Å². The number of aromatic amines is 1. The number of carbonyl (C=O) groups is 3. The topological polar surface area (TPSA) is 130 Å². The molecular weight excluding hydrogens is 364 g/mol. The number of rotatable bonds is 9. The zero-order chi connectivity index (χ0) is 20.5. The van der Waals surface area contributed by atoms with E-state index < -0.39 is 24.5 Å². The van der Waals surface area contributed by atoms with Gasteiger partial charge < -0.3 is 20.4 Å². The summed E-state index contributed by atoms with van der Waals surface area (Å²) in [6.45, 7) is 3.52. The fourth-order valence-electron chi connectivity index (χ4n) is 2.44. The summed E-state index contributed by atoms with van der Waals surface area (Å²) in [6, 6.07) is 6.19. The van der Waals surface area contributed by atoms with Crippen LogP contribution in [0.1, 0.15) is 32.5 Å². The number of nitrogens with zero attached hydrogens (tertiary/aromatic N) is 1. The fraction of sp³-hybridized carbons (Fsp3) is 0.421. The Balaban J connectivity index is 1.77. The summed E-state index contributed by atoms with van der Waals surface area (Å²) in [7, 11) is 0. The number of nitrogens with one attached hydrogen (secondary N) is 3. The van der Waals surface area contributed by atoms with Crippen LogP contribution >= 0.6 is 0 Å². The number of carbonyl (C=O) groups excluding carboxylic acids is 3. The third kappa shape index (κ3) is 6.19. The maximum Gasteiger partial charge on any atom is 0.306 e. The van der Waals surface area contributed by atoms with E-state index in [-0.39, 0.29) is 24.3 Å². The van der Waals surface area contributed by atoms with Gasteiger partial charge in [0.2, 0.25) is 5.91 Å². The second-order valence-electron chi connectivity index (χ2n) is 6.27. The van der Waals surface area contributed by atoms with Gasteiger partial charge in [-0.1, -0.05) is 19.1 Å². The summed E-state index contributed by atoms with van der Waals surface area (Å²) in [5, 5.41) is 5.59. The van der Waals surface area contributed by atoms with Crippen LogP contribution in [0, 0.1) is 0 Å². The lowest BCUT2D eigenvalue weighted by atomic mass is 10.2. The Kier molecular flexibility index (Phi) is 7.67. The SMILES string of the molecule is CCCNC(=O)[C@@H](C)NC(=O)COC(=O)CCc1nc2ccccc2c(=O)[nH]1. The van der Waals surface area contributed by atoms with Crippen molar-refractivity contribution in [3.05, 3.63) is 40.4 Å². The molecule has 0 fully saturated rings. The van der Waals surface area contributed by atoms with Crippen LogP contribution in [0.25, 0.3) is 10.9 Å². The minimum absolute atomic E-state index is 0.0406. The average molecular weight is 388 g/mol. The van der Waals surface area contributed by atoms with Crippen LogP contribution in [0.2, 0.25) is 0 Å². The fourth-order valence-corrected chi connectivity index (χ4v) is 2.44. The van der Waals surface area contributed by atoms with Gasteiger partial charge in [-0.05, 0) is 25.5 Å². The smallest absolute Gasteiger partial charge is 0.306 e. The van der Waals surface area contributed by atoms with Crippen LogP contribution in [0.3, 0.4) is 0 Å². The van der Waals surface area contributed by atoms with E-state index in [1.165, 1.54) is 0 Å². The van der Waals surface area contributed by atoms with E-state index in [1.807, 2.05) is 6.92 Å². The predicted molar refractivity (Wildman–Crippen MR) is 103 cm³/mol. The molecule has 0 saturated heterocycles. The van der Waals surface area contributed by atoms with E-state index >= 15 is 0 Å². The number of fused-ring (bicyclic) bond motifs is 1. The van der Waals surface area contributed by atoms with Crippen LogP contribution < -0.4 is 16.2 Å². The first-order valence-electron chi connectivity index (χ1n) is 9.11. The van der Waals surface area contributed by atoms with Crippen LogP contribution in [0.15, 0.2) is 29.1 Å². The second kappa shape index (κ2) is 10.2. The first-order chi connectivity index (χ1) is 13.4. The Morgan fingerprint density at radius 2 is 2.00 bits per heavy atom. The molecule has 0 bridgehead atoms. The Hall–Kier alpha value is -3.23. The van der Waals surface area contributed by atoms with Crippen molar-refractivity contribution in [2.24, 2.45) is 0 Å². The van der Waals surface area contributed by atoms with Crippen molar-refractivity contribution < 1.29 is 19.1 Å². The minimum atomic E-state index is -0.718. The standard InChI is InChI=1S/C19H24N4O5/c1-3-10-20-18(26)12(2)21-16(24)11-28-17(25)9-8-15-22-14-7-5-4-6-13(14)19(27)23-15/h4-7,12H,3,8-11H2,1-2H3,(H,20,26)(H,21,24)(H,22,23,27)/t12-/m1/s1. The molecule has 0 aliphatic carbocycles. The van der Waals surface area contributed by atoms with Gasteiger partial charge in [-0.2, -0.15) is 0 Å². The van der Waals surface area contributed by atoms with E-state index in [2.05, 4.69) is 20.6 Å². The van der Waals surface area contributed by atoms with Gasteiger partial charge in [-0.3, -0.25) is 19.2 Å². The van der Waals surface area contributed by atoms with Gasteiger partial charge in [-0.25, -0.2) is 4.98 Å². The third-order valence-corrected chi connectivity index (χ3v) is 3.91. The zero-order valence-electron chi connectivity index (χ0n) is 15.9. The van der Waals surface area contributed by atoms with E-state index in [1.54, 1.807) is 31.2 Å². The highest BCUT2D eigenvalue weighted by Crippen LogP contribution is 2.06. The molecule has 3 N–H and O–H groups in total. The Bertz CT molecular complexity index is 909. The molecule has 0 unspecified atom stereocenters. The van der Waals surface area contributed by atoms with Gasteiger partial charge in [-0.15, -0.1) is 0 Å². The number of benzene rings is 1. The lowest BCUT2D eigenvalue weighted by molar-refractivity contribution is -0.148. The molecule has 1 aromatic heterocycles. The molecule has 2 amide bonds. The molecule has 0 aliphatic rings. The van der Waals surface area contributed by atoms with Gasteiger partial charge in [0.05, 0.1) is 17.3 Å². The van der Waals surface area contributed by atoms with Crippen LogP contribution in [0.4, 0.5) is 0 Å². The van der Waals surface area contributed by atoms with Gasteiger partial charge in [0, 0.05) is 13.0 Å². The highest BCUT2D eigenvalue weighted by molar-refractivity contribution is 5.88. The molecule has 2 rings (SSSR count). The Morgan fingerprint density at radius 3 is 2.75 bits per heavy atom. The highest BCUT2D eigenvalue weighted by atomic mass is 16.5. The van der Waals surface area contributed by atoms with Crippen molar-refractivity contribution in [1.82, 2.24) is 20.6 Å². The third-order valence-electron chi connectivity index (χ3n) is 3.91. The van der Waals surface area contributed by atoms with E-state index in [0.29, 0.717) is 23.3 Å². The number of hydrogen-bond donors (Lipinski definition) is 3. The van der Waals surface area contributed by atoms with E-state index in [9.17, 15) is 19.2 Å². The summed E-state index contributed by atoms with van der Waals surface area (Å²) in [4.78, 5) is 54.2. The molecule has 1 aromatic carbocycles. The molecule has 0 saturated carbocycles. The molecule has 150 valence electrons. The predicted octanol–water partition coefficient (Wildman–Crippen LogP) is 0.430. The van der Waals surface area contributed by atoms with Gasteiger partial charge >= 0.3 is 5.97 Å². The number of esters is 1. The number of hydrogen-bond acceptors (Lipinski definition) is 6. The van der Waals surface area contributed by atoms with Crippen LogP contribution in [-0.4, -0.2) is 46.9 Å².